The number of benzene rings is 4. The molecule has 0 aliphatic carbocycles. The first-order chi connectivity index (χ1) is 21.2. The molecule has 2 heterocycles. The van der Waals surface area contributed by atoms with Crippen molar-refractivity contribution in [3.8, 4) is 6.07 Å². The van der Waals surface area contributed by atoms with Crippen molar-refractivity contribution in [3.05, 3.63) is 138 Å². The number of nitrogens with zero attached hydrogens (tertiary/aromatic N) is 5. The molecule has 1 saturated heterocycles. The molecule has 1 atom stereocenters. The fourth-order valence-electron chi connectivity index (χ4n) is 5.83. The lowest BCUT2D eigenvalue weighted by Gasteiger charge is -2.40. The molecule has 5 aromatic rings. The number of carbonyl (C=O) groups excluding carboxylic acids is 1. The number of piperazine rings is 1. The van der Waals surface area contributed by atoms with Crippen molar-refractivity contribution < 1.29 is 4.79 Å². The summed E-state index contributed by atoms with van der Waals surface area (Å²) >= 11 is 0. The van der Waals surface area contributed by atoms with Crippen LogP contribution in [0.2, 0.25) is 0 Å². The highest BCUT2D eigenvalue weighted by Gasteiger charge is 2.32. The molecular formula is C36H34N6O. The predicted octanol–water partition coefficient (Wildman–Crippen LogP) is 5.51. The highest BCUT2D eigenvalue weighted by Crippen LogP contribution is 2.32. The first kappa shape index (κ1) is 28.1. The third-order valence-corrected chi connectivity index (χ3v) is 8.01. The maximum absolute atomic E-state index is 13.4. The lowest BCUT2D eigenvalue weighted by molar-refractivity contribution is -0.121. The summed E-state index contributed by atoms with van der Waals surface area (Å²) in [5, 5.41) is 13.2. The lowest BCUT2D eigenvalue weighted by Crippen LogP contribution is -2.48. The molecule has 1 unspecified atom stereocenters. The van der Waals surface area contributed by atoms with Gasteiger partial charge in [-0.2, -0.15) is 5.26 Å². The van der Waals surface area contributed by atoms with Gasteiger partial charge in [-0.1, -0.05) is 103 Å². The van der Waals surface area contributed by atoms with Gasteiger partial charge in [0.05, 0.1) is 23.1 Å². The molecule has 1 aliphatic heterocycles. The molecule has 7 heteroatoms. The Hall–Kier alpha value is -5.06. The summed E-state index contributed by atoms with van der Waals surface area (Å²) in [6.45, 7) is 3.43. The van der Waals surface area contributed by atoms with Gasteiger partial charge in [-0.3, -0.25) is 9.69 Å². The molecule has 1 amide bonds. The Balaban J connectivity index is 1.24. The quantitative estimate of drug-likeness (QED) is 0.253. The molecule has 1 aliphatic rings. The summed E-state index contributed by atoms with van der Waals surface area (Å²) < 4.78 is 0. The van der Waals surface area contributed by atoms with Gasteiger partial charge in [-0.05, 0) is 35.2 Å². The second-order valence-corrected chi connectivity index (χ2v) is 10.8. The van der Waals surface area contributed by atoms with E-state index in [-0.39, 0.29) is 11.9 Å². The minimum absolute atomic E-state index is 0.133. The van der Waals surface area contributed by atoms with Gasteiger partial charge < -0.3 is 10.2 Å². The monoisotopic (exact) mass is 566 g/mol. The van der Waals surface area contributed by atoms with Crippen LogP contribution in [0, 0.1) is 11.3 Å². The van der Waals surface area contributed by atoms with Gasteiger partial charge in [0, 0.05) is 32.7 Å². The molecule has 0 bridgehead atoms. The number of aromatic nitrogens is 2. The molecule has 7 nitrogen and oxygen atoms in total. The van der Waals surface area contributed by atoms with Crippen LogP contribution in [0.5, 0.6) is 0 Å². The zero-order valence-electron chi connectivity index (χ0n) is 24.0. The van der Waals surface area contributed by atoms with E-state index < -0.39 is 5.92 Å². The van der Waals surface area contributed by atoms with Gasteiger partial charge in [-0.25, -0.2) is 9.97 Å². The van der Waals surface area contributed by atoms with Crippen LogP contribution in [0.25, 0.3) is 11.0 Å². The molecule has 43 heavy (non-hydrogen) atoms. The van der Waals surface area contributed by atoms with Crippen LogP contribution >= 0.6 is 0 Å². The van der Waals surface area contributed by atoms with Crippen LogP contribution in [0.3, 0.4) is 0 Å². The normalized spacial score (nSPS) is 14.4. The third kappa shape index (κ3) is 6.40. The summed E-state index contributed by atoms with van der Waals surface area (Å²) in [6.07, 6.45) is 0.687. The van der Waals surface area contributed by atoms with Crippen LogP contribution < -0.4 is 10.2 Å². The van der Waals surface area contributed by atoms with Crippen LogP contribution in [0.1, 0.15) is 34.3 Å². The van der Waals surface area contributed by atoms with E-state index in [0.29, 0.717) is 43.1 Å². The van der Waals surface area contributed by atoms with E-state index in [2.05, 4.69) is 69.7 Å². The Kier molecular flexibility index (Phi) is 8.67. The zero-order valence-corrected chi connectivity index (χ0v) is 24.0. The number of carbonyl (C=O) groups is 1. The fourth-order valence-corrected chi connectivity index (χ4v) is 5.83. The third-order valence-electron chi connectivity index (χ3n) is 8.01. The Bertz CT molecular complexity index is 1660. The van der Waals surface area contributed by atoms with E-state index in [4.69, 9.17) is 9.97 Å². The summed E-state index contributed by atoms with van der Waals surface area (Å²) in [6, 6.07) is 41.2. The lowest BCUT2D eigenvalue weighted by atomic mass is 9.96. The van der Waals surface area contributed by atoms with E-state index in [1.54, 1.807) is 0 Å². The van der Waals surface area contributed by atoms with Gasteiger partial charge >= 0.3 is 0 Å². The molecular weight excluding hydrogens is 532 g/mol. The van der Waals surface area contributed by atoms with Crippen LogP contribution in [-0.2, 0) is 11.2 Å². The van der Waals surface area contributed by atoms with E-state index in [1.165, 1.54) is 11.1 Å². The smallest absolute Gasteiger partial charge is 0.243 e. The Morgan fingerprint density at radius 3 is 1.86 bits per heavy atom. The molecule has 0 saturated carbocycles. The Labute approximate surface area is 252 Å². The highest BCUT2D eigenvalue weighted by atomic mass is 16.1. The number of fused-ring (bicyclic) bond motifs is 1. The van der Waals surface area contributed by atoms with Gasteiger partial charge in [0.15, 0.2) is 11.7 Å². The number of hydrogen-bond donors (Lipinski definition) is 1. The van der Waals surface area contributed by atoms with Crippen molar-refractivity contribution in [1.82, 2.24) is 20.2 Å². The van der Waals surface area contributed by atoms with E-state index in [0.717, 1.165) is 24.2 Å². The summed E-state index contributed by atoms with van der Waals surface area (Å²) in [5.41, 5.74) is 5.47. The topological polar surface area (TPSA) is 85.1 Å². The van der Waals surface area contributed by atoms with Gasteiger partial charge in [0.25, 0.3) is 0 Å². The second kappa shape index (κ2) is 13.3. The number of anilines is 1. The molecule has 6 rings (SSSR count). The molecule has 214 valence electrons. The molecule has 1 aromatic heterocycles. The van der Waals surface area contributed by atoms with E-state index in [9.17, 15) is 10.1 Å². The average Bonchev–Trinajstić information content (AvgIpc) is 3.07. The van der Waals surface area contributed by atoms with Crippen molar-refractivity contribution >= 4 is 22.8 Å². The van der Waals surface area contributed by atoms with Gasteiger partial charge in [-0.15, -0.1) is 0 Å². The summed E-state index contributed by atoms with van der Waals surface area (Å²) in [4.78, 5) is 27.9. The number of nitriles is 1. The number of para-hydroxylation sites is 2. The van der Waals surface area contributed by atoms with Crippen molar-refractivity contribution in [2.24, 2.45) is 0 Å². The van der Waals surface area contributed by atoms with Crippen LogP contribution in [0.15, 0.2) is 115 Å². The molecule has 1 fully saturated rings. The van der Waals surface area contributed by atoms with Crippen LogP contribution in [0.4, 0.5) is 5.82 Å². The minimum atomic E-state index is -1.07. The van der Waals surface area contributed by atoms with Gasteiger partial charge in [0.2, 0.25) is 5.91 Å². The van der Waals surface area contributed by atoms with Crippen molar-refractivity contribution in [1.29, 1.82) is 5.26 Å². The molecule has 1 N–H and O–H groups in total. The largest absolute Gasteiger partial charge is 0.354 e. The van der Waals surface area contributed by atoms with Gasteiger partial charge in [0.1, 0.15) is 5.69 Å². The maximum atomic E-state index is 13.4. The number of nitrogens with one attached hydrogen (secondary N) is 1. The number of amides is 1. The van der Waals surface area contributed by atoms with Crippen LogP contribution in [-0.4, -0.2) is 53.5 Å². The number of rotatable bonds is 9. The molecule has 0 spiro atoms. The average molecular weight is 567 g/mol. The standard InChI is InChI=1S/C36H34N6O/c37-26-30(36(43)38-21-20-27-12-4-1-5-13-27)33-35(40-32-19-11-10-18-31(32)39-33)42-24-22-41(23-25-42)34(28-14-6-2-7-15-28)29-16-8-3-9-17-29/h1-19,30,34H,20-25H2,(H,38,43). The Morgan fingerprint density at radius 2 is 1.28 bits per heavy atom. The predicted molar refractivity (Wildman–Crippen MR) is 170 cm³/mol. The van der Waals surface area contributed by atoms with E-state index >= 15 is 0 Å². The van der Waals surface area contributed by atoms with Crippen molar-refractivity contribution in [2.75, 3.05) is 37.6 Å². The van der Waals surface area contributed by atoms with Crippen molar-refractivity contribution in [3.63, 3.8) is 0 Å². The first-order valence-electron chi connectivity index (χ1n) is 14.8. The maximum Gasteiger partial charge on any atom is 0.243 e. The Morgan fingerprint density at radius 1 is 0.744 bits per heavy atom. The zero-order chi connectivity index (χ0) is 29.4. The second-order valence-electron chi connectivity index (χ2n) is 10.8. The SMILES string of the molecule is N#CC(C(=O)NCCc1ccccc1)c1nc2ccccc2nc1N1CCN(C(c2ccccc2)c2ccccc2)CC1. The molecule has 0 radical (unpaired) electrons. The first-order valence-corrected chi connectivity index (χ1v) is 14.8. The minimum Gasteiger partial charge on any atom is -0.354 e. The number of hydrogen-bond acceptors (Lipinski definition) is 6. The fraction of sp³-hybridized carbons (Fsp3) is 0.222. The summed E-state index contributed by atoms with van der Waals surface area (Å²) in [7, 11) is 0. The molecule has 4 aromatic carbocycles. The summed E-state index contributed by atoms with van der Waals surface area (Å²) in [5.74, 6) is -0.808. The van der Waals surface area contributed by atoms with Crippen molar-refractivity contribution in [2.45, 2.75) is 18.4 Å². The van der Waals surface area contributed by atoms with E-state index in [1.807, 2.05) is 66.7 Å². The highest BCUT2D eigenvalue weighted by molar-refractivity contribution is 5.88.